The van der Waals surface area contributed by atoms with Crippen LogP contribution in [0.3, 0.4) is 0 Å². The maximum absolute atomic E-state index is 12.6. The van der Waals surface area contributed by atoms with Gasteiger partial charge in [-0.25, -0.2) is 13.1 Å². The molecule has 3 aromatic carbocycles. The Balaban J connectivity index is 1.64. The molecule has 0 bridgehead atoms. The summed E-state index contributed by atoms with van der Waals surface area (Å²) in [6.07, 6.45) is 0. The van der Waals surface area contributed by atoms with Crippen LogP contribution in [-0.4, -0.2) is 18.5 Å². The van der Waals surface area contributed by atoms with Gasteiger partial charge in [0.2, 0.25) is 10.0 Å². The fraction of sp³-hybridized carbons (Fsp3) is 0.0952. The normalized spacial score (nSPS) is 10.9. The minimum absolute atomic E-state index is 0.0693. The maximum Gasteiger partial charge on any atom is 0.295 e. The van der Waals surface area contributed by atoms with Gasteiger partial charge in [-0.2, -0.15) is 0 Å². The smallest absolute Gasteiger partial charge is 0.295 e. The van der Waals surface area contributed by atoms with Crippen molar-refractivity contribution in [2.45, 2.75) is 18.0 Å². The van der Waals surface area contributed by atoms with Crippen LogP contribution in [-0.2, 0) is 23.1 Å². The van der Waals surface area contributed by atoms with Crippen LogP contribution >= 0.6 is 12.2 Å². The zero-order valence-electron chi connectivity index (χ0n) is 16.8. The van der Waals surface area contributed by atoms with Gasteiger partial charge >= 0.3 is 0 Å². The van der Waals surface area contributed by atoms with Crippen molar-refractivity contribution in [1.82, 2.24) is 15.5 Å². The summed E-state index contributed by atoms with van der Waals surface area (Å²) in [6, 6.07) is 22.1. The van der Waals surface area contributed by atoms with Crippen LogP contribution in [0.5, 0.6) is 0 Å². The second kappa shape index (κ2) is 10.7. The number of rotatable bonds is 9. The molecule has 0 radical (unpaired) electrons. The van der Waals surface area contributed by atoms with Crippen LogP contribution in [0.4, 0.5) is 11.4 Å². The lowest BCUT2D eigenvalue weighted by molar-refractivity contribution is -0.384. The average molecular weight is 472 g/mol. The van der Waals surface area contributed by atoms with Crippen LogP contribution in [0.15, 0.2) is 83.8 Å². The molecule has 0 aromatic heterocycles. The van der Waals surface area contributed by atoms with Crippen molar-refractivity contribution in [3.05, 3.63) is 100 Å². The monoisotopic (exact) mass is 471 g/mol. The van der Waals surface area contributed by atoms with Gasteiger partial charge in [-0.3, -0.25) is 21.0 Å². The molecule has 32 heavy (non-hydrogen) atoms. The van der Waals surface area contributed by atoms with E-state index in [2.05, 4.69) is 20.9 Å². The molecule has 4 N–H and O–H groups in total. The molecule has 0 aliphatic carbocycles. The van der Waals surface area contributed by atoms with Gasteiger partial charge < -0.3 is 5.32 Å². The van der Waals surface area contributed by atoms with Crippen LogP contribution in [0.25, 0.3) is 0 Å². The molecular formula is C21H21N5O4S2. The van der Waals surface area contributed by atoms with E-state index in [1.807, 2.05) is 36.4 Å². The van der Waals surface area contributed by atoms with Gasteiger partial charge in [-0.15, -0.1) is 0 Å². The van der Waals surface area contributed by atoms with Crippen molar-refractivity contribution in [3.8, 4) is 0 Å². The van der Waals surface area contributed by atoms with Crippen molar-refractivity contribution in [3.63, 3.8) is 0 Å². The average Bonchev–Trinajstić information content (AvgIpc) is 2.81. The van der Waals surface area contributed by atoms with Crippen molar-refractivity contribution in [2.75, 3.05) is 5.43 Å². The molecule has 0 fully saturated rings. The van der Waals surface area contributed by atoms with E-state index in [0.717, 1.165) is 17.2 Å². The number of benzene rings is 3. The first-order valence-corrected chi connectivity index (χ1v) is 11.4. The highest BCUT2D eigenvalue weighted by atomic mass is 32.2. The molecular weight excluding hydrogens is 450 g/mol. The number of sulfonamides is 1. The predicted molar refractivity (Wildman–Crippen MR) is 126 cm³/mol. The summed E-state index contributed by atoms with van der Waals surface area (Å²) in [5.74, 6) is 0. The second-order valence-corrected chi connectivity index (χ2v) is 8.84. The SMILES string of the molecule is O=[N+]([O-])c1cc(S(=O)(=O)NCc2ccccc2)ccc1NNC(=S)NCc1ccccc1. The lowest BCUT2D eigenvalue weighted by Crippen LogP contribution is -2.38. The highest BCUT2D eigenvalue weighted by molar-refractivity contribution is 7.89. The molecule has 0 aliphatic rings. The third-order valence-electron chi connectivity index (χ3n) is 4.39. The van der Waals surface area contributed by atoms with Gasteiger partial charge in [-0.1, -0.05) is 60.7 Å². The molecule has 0 spiro atoms. The fourth-order valence-electron chi connectivity index (χ4n) is 2.74. The third-order valence-corrected chi connectivity index (χ3v) is 6.04. The first kappa shape index (κ1) is 23.1. The lowest BCUT2D eigenvalue weighted by atomic mass is 10.2. The first-order valence-electron chi connectivity index (χ1n) is 9.51. The van der Waals surface area contributed by atoms with E-state index < -0.39 is 20.6 Å². The molecule has 0 amide bonds. The third kappa shape index (κ3) is 6.48. The predicted octanol–water partition coefficient (Wildman–Crippen LogP) is 3.06. The van der Waals surface area contributed by atoms with E-state index in [0.29, 0.717) is 6.54 Å². The largest absolute Gasteiger partial charge is 0.357 e. The summed E-state index contributed by atoms with van der Waals surface area (Å²) < 4.78 is 27.6. The van der Waals surface area contributed by atoms with Gasteiger partial charge in [0.25, 0.3) is 5.69 Å². The molecule has 0 saturated carbocycles. The van der Waals surface area contributed by atoms with Crippen molar-refractivity contribution in [2.24, 2.45) is 0 Å². The van der Waals surface area contributed by atoms with Crippen molar-refractivity contribution in [1.29, 1.82) is 0 Å². The fourth-order valence-corrected chi connectivity index (χ4v) is 3.90. The first-order chi connectivity index (χ1) is 15.3. The molecule has 3 aromatic rings. The lowest BCUT2D eigenvalue weighted by Gasteiger charge is -2.13. The van der Waals surface area contributed by atoms with Crippen LogP contribution in [0, 0.1) is 10.1 Å². The van der Waals surface area contributed by atoms with E-state index in [1.165, 1.54) is 12.1 Å². The van der Waals surface area contributed by atoms with E-state index in [9.17, 15) is 18.5 Å². The Morgan fingerprint density at radius 2 is 1.50 bits per heavy atom. The minimum atomic E-state index is -3.94. The Kier molecular flexibility index (Phi) is 7.71. The Morgan fingerprint density at radius 1 is 0.906 bits per heavy atom. The molecule has 166 valence electrons. The Morgan fingerprint density at radius 3 is 2.09 bits per heavy atom. The van der Waals surface area contributed by atoms with Crippen LogP contribution < -0.4 is 20.9 Å². The summed E-state index contributed by atoms with van der Waals surface area (Å²) in [5.41, 5.74) is 6.77. The Bertz CT molecular complexity index is 1190. The van der Waals surface area contributed by atoms with E-state index in [-0.39, 0.29) is 22.2 Å². The second-order valence-electron chi connectivity index (χ2n) is 6.66. The van der Waals surface area contributed by atoms with Gasteiger partial charge in [0, 0.05) is 19.2 Å². The summed E-state index contributed by atoms with van der Waals surface area (Å²) in [5, 5.41) is 14.7. The minimum Gasteiger partial charge on any atom is -0.357 e. The van der Waals surface area contributed by atoms with E-state index in [4.69, 9.17) is 12.2 Å². The number of nitrogens with one attached hydrogen (secondary N) is 4. The van der Waals surface area contributed by atoms with Crippen LogP contribution in [0.2, 0.25) is 0 Å². The van der Waals surface area contributed by atoms with Crippen molar-refractivity contribution < 1.29 is 13.3 Å². The zero-order chi connectivity index (χ0) is 23.0. The molecule has 3 rings (SSSR count). The highest BCUT2D eigenvalue weighted by Gasteiger charge is 2.21. The number of nitro benzene ring substituents is 1. The Hall–Kier alpha value is -3.54. The molecule has 0 aliphatic heterocycles. The molecule has 0 atom stereocenters. The molecule has 11 heteroatoms. The van der Waals surface area contributed by atoms with Gasteiger partial charge in [0.05, 0.1) is 9.82 Å². The molecule has 9 nitrogen and oxygen atoms in total. The number of hydrogen-bond acceptors (Lipinski definition) is 6. The summed E-state index contributed by atoms with van der Waals surface area (Å²) in [6.45, 7) is 0.542. The number of hydrogen-bond donors (Lipinski definition) is 4. The Labute approximate surface area is 191 Å². The molecule has 0 saturated heterocycles. The topological polar surface area (TPSA) is 125 Å². The number of hydrazine groups is 1. The quantitative estimate of drug-likeness (QED) is 0.213. The van der Waals surface area contributed by atoms with E-state index in [1.54, 1.807) is 24.3 Å². The van der Waals surface area contributed by atoms with Crippen molar-refractivity contribution >= 4 is 38.7 Å². The summed E-state index contributed by atoms with van der Waals surface area (Å²) >= 11 is 5.17. The number of anilines is 1. The maximum atomic E-state index is 12.6. The van der Waals surface area contributed by atoms with E-state index >= 15 is 0 Å². The molecule has 0 unspecified atom stereocenters. The number of nitrogens with zero attached hydrogens (tertiary/aromatic N) is 1. The summed E-state index contributed by atoms with van der Waals surface area (Å²) in [7, 11) is -3.94. The number of nitro groups is 1. The number of thiocarbonyl (C=S) groups is 1. The van der Waals surface area contributed by atoms with Gasteiger partial charge in [0.15, 0.2) is 5.11 Å². The molecule has 0 heterocycles. The highest BCUT2D eigenvalue weighted by Crippen LogP contribution is 2.27. The zero-order valence-corrected chi connectivity index (χ0v) is 18.4. The summed E-state index contributed by atoms with van der Waals surface area (Å²) in [4.78, 5) is 10.6. The van der Waals surface area contributed by atoms with Gasteiger partial charge in [0.1, 0.15) is 5.69 Å². The standard InChI is InChI=1S/C21H21N5O4S2/c27-26(28)20-13-18(32(29,30)23-15-17-9-5-2-6-10-17)11-12-19(20)24-25-21(31)22-14-16-7-3-1-4-8-16/h1-13,23-24H,14-15H2,(H2,22,25,31). The van der Waals surface area contributed by atoms with Gasteiger partial charge in [-0.05, 0) is 35.5 Å². The van der Waals surface area contributed by atoms with Crippen LogP contribution in [0.1, 0.15) is 11.1 Å².